The van der Waals surface area contributed by atoms with Crippen LogP contribution in [-0.2, 0) is 9.53 Å². The normalized spacial score (nSPS) is 19.5. The van der Waals surface area contributed by atoms with Crippen LogP contribution in [0.4, 0.5) is 0 Å². The zero-order valence-corrected chi connectivity index (χ0v) is 11.8. The van der Waals surface area contributed by atoms with Gasteiger partial charge in [0.1, 0.15) is 0 Å². The fourth-order valence-electron chi connectivity index (χ4n) is 2.24. The second kappa shape index (κ2) is 5.71. The van der Waals surface area contributed by atoms with E-state index in [0.29, 0.717) is 19.7 Å². The molecular weight excluding hydrogens is 266 g/mol. The largest absolute Gasteiger partial charge is 0.481 e. The Morgan fingerprint density at radius 2 is 2.26 bits per heavy atom. The van der Waals surface area contributed by atoms with Crippen LogP contribution in [-0.4, -0.2) is 47.7 Å². The molecule has 1 atom stereocenters. The molecule has 2 heterocycles. The third-order valence-electron chi connectivity index (χ3n) is 3.10. The molecule has 0 spiro atoms. The van der Waals surface area contributed by atoms with Crippen molar-refractivity contribution in [1.29, 1.82) is 0 Å². The number of carbonyl (C=O) groups is 2. The van der Waals surface area contributed by atoms with Gasteiger partial charge in [-0.2, -0.15) is 0 Å². The molecule has 1 aromatic heterocycles. The number of aryl methyl sites for hydroxylation is 2. The maximum Gasteiger partial charge on any atom is 0.306 e. The molecule has 104 valence electrons. The van der Waals surface area contributed by atoms with Gasteiger partial charge in [-0.05, 0) is 19.9 Å². The molecule has 19 heavy (non-hydrogen) atoms. The second-order valence-electron chi connectivity index (χ2n) is 4.67. The number of morpholine rings is 1. The average Bonchev–Trinajstić information content (AvgIpc) is 2.67. The Balaban J connectivity index is 2.07. The van der Waals surface area contributed by atoms with Crippen molar-refractivity contribution in [2.45, 2.75) is 26.4 Å². The van der Waals surface area contributed by atoms with E-state index in [1.54, 1.807) is 16.2 Å². The Morgan fingerprint density at radius 1 is 1.53 bits per heavy atom. The molecule has 1 saturated heterocycles. The lowest BCUT2D eigenvalue weighted by atomic mass is 10.1. The van der Waals surface area contributed by atoms with Gasteiger partial charge in [0.25, 0.3) is 5.91 Å². The number of carboxylic acids is 1. The lowest BCUT2D eigenvalue weighted by Gasteiger charge is -2.32. The van der Waals surface area contributed by atoms with Crippen LogP contribution in [0.2, 0.25) is 0 Å². The summed E-state index contributed by atoms with van der Waals surface area (Å²) in [6.45, 7) is 5.16. The Morgan fingerprint density at radius 3 is 2.84 bits per heavy atom. The number of ether oxygens (including phenoxy) is 1. The first-order valence-electron chi connectivity index (χ1n) is 6.17. The van der Waals surface area contributed by atoms with Gasteiger partial charge < -0.3 is 14.7 Å². The van der Waals surface area contributed by atoms with Gasteiger partial charge in [0.15, 0.2) is 0 Å². The number of thiophene rings is 1. The number of nitrogens with zero attached hydrogens (tertiary/aromatic N) is 1. The average molecular weight is 283 g/mol. The van der Waals surface area contributed by atoms with Gasteiger partial charge in [-0.25, -0.2) is 0 Å². The first kappa shape index (κ1) is 14.0. The SMILES string of the molecule is Cc1cc(C(=O)N2CCOC(CC(=O)O)C2)c(C)s1. The molecular formula is C13H17NO4S. The van der Waals surface area contributed by atoms with Gasteiger partial charge in [0.05, 0.1) is 24.7 Å². The first-order valence-corrected chi connectivity index (χ1v) is 6.98. The smallest absolute Gasteiger partial charge is 0.306 e. The van der Waals surface area contributed by atoms with Crippen molar-refractivity contribution < 1.29 is 19.4 Å². The molecule has 0 bridgehead atoms. The van der Waals surface area contributed by atoms with Crippen LogP contribution in [0.25, 0.3) is 0 Å². The molecule has 1 aromatic rings. The van der Waals surface area contributed by atoms with E-state index in [2.05, 4.69) is 0 Å². The summed E-state index contributed by atoms with van der Waals surface area (Å²) in [5.41, 5.74) is 0.721. The van der Waals surface area contributed by atoms with E-state index >= 15 is 0 Å². The van der Waals surface area contributed by atoms with Crippen LogP contribution >= 0.6 is 11.3 Å². The van der Waals surface area contributed by atoms with Gasteiger partial charge >= 0.3 is 5.97 Å². The number of aliphatic carboxylic acids is 1. The number of hydrogen-bond donors (Lipinski definition) is 1. The number of carboxylic acid groups (broad SMARTS) is 1. The third kappa shape index (κ3) is 3.33. The highest BCUT2D eigenvalue weighted by atomic mass is 32.1. The van der Waals surface area contributed by atoms with Crippen LogP contribution in [0.15, 0.2) is 6.07 Å². The van der Waals surface area contributed by atoms with Crippen molar-refractivity contribution in [2.24, 2.45) is 0 Å². The topological polar surface area (TPSA) is 66.8 Å². The molecule has 2 rings (SSSR count). The number of hydrogen-bond acceptors (Lipinski definition) is 4. The van der Waals surface area contributed by atoms with Crippen molar-refractivity contribution in [3.8, 4) is 0 Å². The Kier molecular flexibility index (Phi) is 4.21. The molecule has 1 unspecified atom stereocenters. The van der Waals surface area contributed by atoms with E-state index in [1.807, 2.05) is 19.9 Å². The van der Waals surface area contributed by atoms with Crippen LogP contribution in [0.3, 0.4) is 0 Å². The van der Waals surface area contributed by atoms with Gasteiger partial charge in [-0.1, -0.05) is 0 Å². The minimum atomic E-state index is -0.901. The summed E-state index contributed by atoms with van der Waals surface area (Å²) < 4.78 is 5.37. The maximum atomic E-state index is 12.4. The highest BCUT2D eigenvalue weighted by Crippen LogP contribution is 2.23. The minimum absolute atomic E-state index is 0.0273. The zero-order valence-electron chi connectivity index (χ0n) is 11.0. The van der Waals surface area contributed by atoms with E-state index in [9.17, 15) is 9.59 Å². The standard InChI is InChI=1S/C13H17NO4S/c1-8-5-11(9(2)19-8)13(17)14-3-4-18-10(7-14)6-12(15)16/h5,10H,3-4,6-7H2,1-2H3,(H,15,16). The van der Waals surface area contributed by atoms with Crippen LogP contribution in [0.1, 0.15) is 26.5 Å². The molecule has 0 aromatic carbocycles. The Hall–Kier alpha value is -1.40. The van der Waals surface area contributed by atoms with E-state index in [4.69, 9.17) is 9.84 Å². The van der Waals surface area contributed by atoms with Crippen LogP contribution < -0.4 is 0 Å². The zero-order chi connectivity index (χ0) is 14.0. The molecule has 0 saturated carbocycles. The Labute approximate surface area is 115 Å². The van der Waals surface area contributed by atoms with Gasteiger partial charge in [0, 0.05) is 22.8 Å². The first-order chi connectivity index (χ1) is 8.97. The molecule has 1 fully saturated rings. The highest BCUT2D eigenvalue weighted by Gasteiger charge is 2.27. The predicted molar refractivity (Wildman–Crippen MR) is 71.7 cm³/mol. The van der Waals surface area contributed by atoms with Gasteiger partial charge in [-0.15, -0.1) is 11.3 Å². The molecule has 1 amide bonds. The fourth-order valence-corrected chi connectivity index (χ4v) is 3.15. The van der Waals surface area contributed by atoms with Crippen molar-refractivity contribution >= 4 is 23.2 Å². The van der Waals surface area contributed by atoms with Crippen molar-refractivity contribution in [1.82, 2.24) is 4.90 Å². The maximum absolute atomic E-state index is 12.4. The van der Waals surface area contributed by atoms with Gasteiger partial charge in [-0.3, -0.25) is 9.59 Å². The van der Waals surface area contributed by atoms with Crippen LogP contribution in [0, 0.1) is 13.8 Å². The number of rotatable bonds is 3. The fraction of sp³-hybridized carbons (Fsp3) is 0.538. The van der Waals surface area contributed by atoms with Crippen molar-refractivity contribution in [3.63, 3.8) is 0 Å². The summed E-state index contributed by atoms with van der Waals surface area (Å²) in [7, 11) is 0. The van der Waals surface area contributed by atoms with E-state index < -0.39 is 12.1 Å². The quantitative estimate of drug-likeness (QED) is 0.916. The lowest BCUT2D eigenvalue weighted by molar-refractivity contribution is -0.141. The number of amides is 1. The lowest BCUT2D eigenvalue weighted by Crippen LogP contribution is -2.46. The third-order valence-corrected chi connectivity index (χ3v) is 4.07. The molecule has 1 N–H and O–H groups in total. The van der Waals surface area contributed by atoms with Gasteiger partial charge in [0.2, 0.25) is 0 Å². The predicted octanol–water partition coefficient (Wildman–Crippen LogP) is 1.68. The molecule has 5 nitrogen and oxygen atoms in total. The van der Waals surface area contributed by atoms with E-state index in [0.717, 1.165) is 15.3 Å². The molecule has 1 aliphatic heterocycles. The van der Waals surface area contributed by atoms with Crippen molar-refractivity contribution in [3.05, 3.63) is 21.4 Å². The summed E-state index contributed by atoms with van der Waals surface area (Å²) in [4.78, 5) is 26.9. The van der Waals surface area contributed by atoms with E-state index in [1.165, 1.54) is 0 Å². The number of carbonyl (C=O) groups excluding carboxylic acids is 1. The van der Waals surface area contributed by atoms with Crippen LogP contribution in [0.5, 0.6) is 0 Å². The molecule has 6 heteroatoms. The monoisotopic (exact) mass is 283 g/mol. The molecule has 0 aliphatic carbocycles. The van der Waals surface area contributed by atoms with Crippen molar-refractivity contribution in [2.75, 3.05) is 19.7 Å². The molecule has 1 aliphatic rings. The minimum Gasteiger partial charge on any atom is -0.481 e. The summed E-state index contributed by atoms with van der Waals surface area (Å²) >= 11 is 1.60. The summed E-state index contributed by atoms with van der Waals surface area (Å²) in [5.74, 6) is -0.928. The highest BCUT2D eigenvalue weighted by molar-refractivity contribution is 7.12. The second-order valence-corrected chi connectivity index (χ2v) is 6.13. The molecule has 0 radical (unpaired) electrons. The van der Waals surface area contributed by atoms with E-state index in [-0.39, 0.29) is 12.3 Å². The summed E-state index contributed by atoms with van der Waals surface area (Å²) in [6, 6.07) is 1.89. The summed E-state index contributed by atoms with van der Waals surface area (Å²) in [6.07, 6.45) is -0.471. The Bertz CT molecular complexity index is 497. The summed E-state index contributed by atoms with van der Waals surface area (Å²) in [5, 5.41) is 8.77.